The van der Waals surface area contributed by atoms with Crippen molar-refractivity contribution < 1.29 is 4.79 Å². The molecular weight excluding hydrogens is 326 g/mol. The van der Waals surface area contributed by atoms with Crippen LogP contribution in [-0.2, 0) is 0 Å². The lowest BCUT2D eigenvalue weighted by atomic mass is 10.1. The van der Waals surface area contributed by atoms with Gasteiger partial charge in [0.1, 0.15) is 5.69 Å². The van der Waals surface area contributed by atoms with Gasteiger partial charge < -0.3 is 15.2 Å². The second kappa shape index (κ2) is 7.04. The number of carbonyl (C=O) groups excluding carboxylic acids is 1. The molecule has 2 aromatic carbocycles. The number of aromatic amines is 1. The molecule has 1 fully saturated rings. The van der Waals surface area contributed by atoms with Crippen molar-refractivity contribution in [2.24, 2.45) is 5.92 Å². The van der Waals surface area contributed by atoms with Gasteiger partial charge in [-0.25, -0.2) is 0 Å². The van der Waals surface area contributed by atoms with E-state index in [0.29, 0.717) is 23.5 Å². The van der Waals surface area contributed by atoms with Crippen LogP contribution in [-0.4, -0.2) is 30.5 Å². The van der Waals surface area contributed by atoms with Crippen molar-refractivity contribution in [1.29, 1.82) is 0 Å². The number of rotatable bonds is 4. The standard InChI is InChI=1S/C21H21N3O2/c25-20-18-9-5-4-6-16(18)12-19(23-20)21(26)22-13-15-10-11-24(14-15)17-7-2-1-3-8-17/h1-9,12,15H,10-11,13-14H2,(H,22,26)(H,23,25). The Balaban J connectivity index is 1.40. The highest BCUT2D eigenvalue weighted by atomic mass is 16.2. The van der Waals surface area contributed by atoms with Crippen molar-refractivity contribution in [3.05, 3.63) is 76.7 Å². The van der Waals surface area contributed by atoms with E-state index in [1.54, 1.807) is 12.1 Å². The van der Waals surface area contributed by atoms with Gasteiger partial charge in [-0.15, -0.1) is 0 Å². The predicted octanol–water partition coefficient (Wildman–Crippen LogP) is 2.78. The van der Waals surface area contributed by atoms with Crippen LogP contribution >= 0.6 is 0 Å². The number of aromatic nitrogens is 1. The van der Waals surface area contributed by atoms with Crippen molar-refractivity contribution in [2.75, 3.05) is 24.5 Å². The maximum atomic E-state index is 12.5. The summed E-state index contributed by atoms with van der Waals surface area (Å²) >= 11 is 0. The Hall–Kier alpha value is -3.08. The number of nitrogens with one attached hydrogen (secondary N) is 2. The minimum absolute atomic E-state index is 0.231. The fraction of sp³-hybridized carbons (Fsp3) is 0.238. The second-order valence-corrected chi connectivity index (χ2v) is 6.75. The number of fused-ring (bicyclic) bond motifs is 1. The van der Waals surface area contributed by atoms with Gasteiger partial charge in [-0.3, -0.25) is 9.59 Å². The van der Waals surface area contributed by atoms with Crippen LogP contribution in [0.1, 0.15) is 16.9 Å². The molecule has 3 aromatic rings. The molecule has 1 aliphatic rings. The molecular formula is C21H21N3O2. The van der Waals surface area contributed by atoms with E-state index in [4.69, 9.17) is 0 Å². The van der Waals surface area contributed by atoms with Crippen LogP contribution in [0.2, 0.25) is 0 Å². The average molecular weight is 347 g/mol. The number of carbonyl (C=O) groups is 1. The molecule has 1 atom stereocenters. The van der Waals surface area contributed by atoms with Gasteiger partial charge in [0.2, 0.25) is 0 Å². The Morgan fingerprint density at radius 2 is 1.88 bits per heavy atom. The largest absolute Gasteiger partial charge is 0.371 e. The molecule has 0 saturated carbocycles. The Labute approximate surface area is 151 Å². The highest BCUT2D eigenvalue weighted by Gasteiger charge is 2.23. The fourth-order valence-electron chi connectivity index (χ4n) is 3.54. The first-order valence-corrected chi connectivity index (χ1v) is 8.91. The van der Waals surface area contributed by atoms with Crippen LogP contribution in [0.25, 0.3) is 10.8 Å². The smallest absolute Gasteiger partial charge is 0.267 e. The highest BCUT2D eigenvalue weighted by Crippen LogP contribution is 2.23. The van der Waals surface area contributed by atoms with Crippen LogP contribution in [0.4, 0.5) is 5.69 Å². The topological polar surface area (TPSA) is 65.2 Å². The van der Waals surface area contributed by atoms with Gasteiger partial charge in [0.05, 0.1) is 0 Å². The molecule has 2 heterocycles. The molecule has 1 unspecified atom stereocenters. The molecule has 0 aliphatic carbocycles. The van der Waals surface area contributed by atoms with Gasteiger partial charge in [-0.2, -0.15) is 0 Å². The normalized spacial score (nSPS) is 16.8. The number of anilines is 1. The van der Waals surface area contributed by atoms with E-state index in [-0.39, 0.29) is 11.5 Å². The third kappa shape index (κ3) is 3.33. The van der Waals surface area contributed by atoms with E-state index in [1.165, 1.54) is 5.69 Å². The highest BCUT2D eigenvalue weighted by molar-refractivity contribution is 5.96. The molecule has 2 N–H and O–H groups in total. The van der Waals surface area contributed by atoms with Crippen molar-refractivity contribution in [1.82, 2.24) is 10.3 Å². The minimum atomic E-state index is -0.232. The minimum Gasteiger partial charge on any atom is -0.371 e. The molecule has 26 heavy (non-hydrogen) atoms. The van der Waals surface area contributed by atoms with Crippen LogP contribution < -0.4 is 15.8 Å². The number of para-hydroxylation sites is 1. The zero-order valence-corrected chi connectivity index (χ0v) is 14.4. The number of nitrogens with zero attached hydrogens (tertiary/aromatic N) is 1. The molecule has 5 heteroatoms. The first-order chi connectivity index (χ1) is 12.7. The SMILES string of the molecule is O=C(NCC1CCN(c2ccccc2)C1)c1cc2ccccc2c(=O)[nH]1. The van der Waals surface area contributed by atoms with Gasteiger partial charge in [-0.05, 0) is 42.0 Å². The van der Waals surface area contributed by atoms with E-state index >= 15 is 0 Å². The number of amides is 1. The van der Waals surface area contributed by atoms with Crippen molar-refractivity contribution >= 4 is 22.4 Å². The van der Waals surface area contributed by atoms with Crippen LogP contribution in [0.15, 0.2) is 65.5 Å². The van der Waals surface area contributed by atoms with Crippen molar-refractivity contribution in [2.45, 2.75) is 6.42 Å². The third-order valence-corrected chi connectivity index (χ3v) is 4.96. The summed E-state index contributed by atoms with van der Waals surface area (Å²) in [6.45, 7) is 2.53. The summed E-state index contributed by atoms with van der Waals surface area (Å²) in [7, 11) is 0. The summed E-state index contributed by atoms with van der Waals surface area (Å²) in [5.41, 5.74) is 1.30. The zero-order valence-electron chi connectivity index (χ0n) is 14.4. The van der Waals surface area contributed by atoms with E-state index < -0.39 is 0 Å². The van der Waals surface area contributed by atoms with E-state index in [0.717, 1.165) is 24.9 Å². The quantitative estimate of drug-likeness (QED) is 0.763. The summed E-state index contributed by atoms with van der Waals surface area (Å²) in [5.74, 6) is 0.178. The molecule has 1 aliphatic heterocycles. The Bertz CT molecular complexity index is 981. The lowest BCUT2D eigenvalue weighted by molar-refractivity contribution is 0.0943. The van der Waals surface area contributed by atoms with Crippen LogP contribution in [0.5, 0.6) is 0 Å². The monoisotopic (exact) mass is 347 g/mol. The van der Waals surface area contributed by atoms with Gasteiger partial charge in [-0.1, -0.05) is 36.4 Å². The van der Waals surface area contributed by atoms with Crippen LogP contribution in [0, 0.1) is 5.92 Å². The average Bonchev–Trinajstić information content (AvgIpc) is 3.16. The van der Waals surface area contributed by atoms with E-state index in [1.807, 2.05) is 36.4 Å². The number of H-pyrrole nitrogens is 1. The molecule has 0 radical (unpaired) electrons. The Morgan fingerprint density at radius 1 is 1.12 bits per heavy atom. The molecule has 1 saturated heterocycles. The number of pyridine rings is 1. The Morgan fingerprint density at radius 3 is 2.73 bits per heavy atom. The first-order valence-electron chi connectivity index (χ1n) is 8.91. The maximum absolute atomic E-state index is 12.5. The van der Waals surface area contributed by atoms with Gasteiger partial charge in [0, 0.05) is 30.7 Å². The summed E-state index contributed by atoms with van der Waals surface area (Å²) in [5, 5.41) is 4.34. The number of benzene rings is 2. The second-order valence-electron chi connectivity index (χ2n) is 6.75. The molecule has 132 valence electrons. The van der Waals surface area contributed by atoms with Crippen LogP contribution in [0.3, 0.4) is 0 Å². The molecule has 1 amide bonds. The van der Waals surface area contributed by atoms with E-state index in [2.05, 4.69) is 27.3 Å². The molecule has 4 rings (SSSR count). The summed E-state index contributed by atoms with van der Waals surface area (Å²) in [4.78, 5) is 29.6. The molecule has 0 spiro atoms. The van der Waals surface area contributed by atoms with Crippen molar-refractivity contribution in [3.63, 3.8) is 0 Å². The third-order valence-electron chi connectivity index (χ3n) is 4.96. The molecule has 0 bridgehead atoms. The maximum Gasteiger partial charge on any atom is 0.267 e. The summed E-state index contributed by atoms with van der Waals surface area (Å²) in [6.07, 6.45) is 1.05. The first kappa shape index (κ1) is 16.4. The fourth-order valence-corrected chi connectivity index (χ4v) is 3.54. The lowest BCUT2D eigenvalue weighted by Gasteiger charge is -2.18. The summed E-state index contributed by atoms with van der Waals surface area (Å²) < 4.78 is 0. The number of hydrogen-bond donors (Lipinski definition) is 2. The number of hydrogen-bond acceptors (Lipinski definition) is 3. The predicted molar refractivity (Wildman–Crippen MR) is 104 cm³/mol. The van der Waals surface area contributed by atoms with Gasteiger partial charge in [0.15, 0.2) is 0 Å². The molecule has 1 aromatic heterocycles. The van der Waals surface area contributed by atoms with Gasteiger partial charge in [0.25, 0.3) is 11.5 Å². The summed E-state index contributed by atoms with van der Waals surface area (Å²) in [6, 6.07) is 19.3. The molecule has 5 nitrogen and oxygen atoms in total. The van der Waals surface area contributed by atoms with E-state index in [9.17, 15) is 9.59 Å². The van der Waals surface area contributed by atoms with Gasteiger partial charge >= 0.3 is 0 Å². The van der Waals surface area contributed by atoms with Crippen molar-refractivity contribution in [3.8, 4) is 0 Å². The lowest BCUT2D eigenvalue weighted by Crippen LogP contribution is -2.32. The zero-order chi connectivity index (χ0) is 17.9. The Kier molecular flexibility index (Phi) is 4.44.